The van der Waals surface area contributed by atoms with Gasteiger partial charge in [-0.25, -0.2) is 0 Å². The van der Waals surface area contributed by atoms with Crippen LogP contribution >= 0.6 is 0 Å². The van der Waals surface area contributed by atoms with Crippen LogP contribution in [0.5, 0.6) is 0 Å². The molecule has 0 radical (unpaired) electrons. The van der Waals surface area contributed by atoms with Crippen molar-refractivity contribution >= 4 is 6.98 Å². The number of rotatable bonds is 6. The van der Waals surface area contributed by atoms with Gasteiger partial charge in [-0.2, -0.15) is 0 Å². The Kier molecular flexibility index (Phi) is 9.58. The van der Waals surface area contributed by atoms with Crippen LogP contribution in [-0.4, -0.2) is 13.6 Å². The van der Waals surface area contributed by atoms with Crippen molar-refractivity contribution < 1.29 is 69.1 Å². The first kappa shape index (κ1) is 17.4. The fourth-order valence-corrected chi connectivity index (χ4v) is 1.17. The summed E-state index contributed by atoms with van der Waals surface area (Å²) in [5, 5.41) is 0. The van der Waals surface area contributed by atoms with Gasteiger partial charge < -0.3 is 17.7 Å². The third-order valence-corrected chi connectivity index (χ3v) is 1.89. The molecule has 0 bridgehead atoms. The predicted octanol–water partition coefficient (Wildman–Crippen LogP) is 0.540. The molecule has 0 aromatic heterocycles. The van der Waals surface area contributed by atoms with Crippen LogP contribution in [0.15, 0.2) is 42.4 Å². The van der Waals surface area contributed by atoms with Gasteiger partial charge in [0.1, 0.15) is 0 Å². The molecule has 0 atom stereocenters. The molecule has 0 N–H and O–H groups in total. The number of hydrogen-bond donors (Lipinski definition) is 0. The molecule has 0 amide bonds. The quantitative estimate of drug-likeness (QED) is 0.540. The second kappa shape index (κ2) is 9.36. The Morgan fingerprint density at radius 1 is 1.12 bits per heavy atom. The van der Waals surface area contributed by atoms with E-state index in [1.54, 1.807) is 0 Å². The van der Waals surface area contributed by atoms with E-state index in [2.05, 4.69) is 0 Å². The maximum Gasteiger partial charge on any atom is 1.00 e. The second-order valence-corrected chi connectivity index (χ2v) is 3.38. The van der Waals surface area contributed by atoms with E-state index in [-0.39, 0.29) is 57.8 Å². The van der Waals surface area contributed by atoms with Crippen molar-refractivity contribution in [2.75, 3.05) is 6.61 Å². The standard InChI is InChI=1S/C11H13BF3O.K/c13-12(14,15)8-4-5-9-16-10-11-6-2-1-3-7-11;/h1-4,6-8H,5,9-10H2;/q-1;+1/b8-4+;. The van der Waals surface area contributed by atoms with Gasteiger partial charge in [0.25, 0.3) is 0 Å². The molecule has 0 unspecified atom stereocenters. The molecule has 0 aliphatic carbocycles. The third-order valence-electron chi connectivity index (χ3n) is 1.89. The molecular weight excluding hydrogens is 255 g/mol. The Hall–Kier alpha value is 0.411. The van der Waals surface area contributed by atoms with Crippen molar-refractivity contribution in [2.24, 2.45) is 0 Å². The van der Waals surface area contributed by atoms with E-state index in [9.17, 15) is 12.9 Å². The largest absolute Gasteiger partial charge is 1.00 e. The van der Waals surface area contributed by atoms with Crippen LogP contribution in [0.4, 0.5) is 12.9 Å². The molecule has 88 valence electrons. The topological polar surface area (TPSA) is 9.23 Å². The maximum atomic E-state index is 11.8. The summed E-state index contributed by atoms with van der Waals surface area (Å²) in [6, 6.07) is 9.51. The average molecular weight is 268 g/mol. The van der Waals surface area contributed by atoms with Gasteiger partial charge in [0, 0.05) is 0 Å². The second-order valence-electron chi connectivity index (χ2n) is 3.38. The molecule has 1 aromatic carbocycles. The maximum absolute atomic E-state index is 11.8. The van der Waals surface area contributed by atoms with Crippen molar-refractivity contribution in [3.05, 3.63) is 47.9 Å². The van der Waals surface area contributed by atoms with E-state index < -0.39 is 6.98 Å². The number of ether oxygens (including phenoxy) is 1. The summed E-state index contributed by atoms with van der Waals surface area (Å²) in [6.45, 7) is -4.07. The minimum Gasteiger partial charge on any atom is -0.445 e. The monoisotopic (exact) mass is 268 g/mol. The van der Waals surface area contributed by atoms with Gasteiger partial charge in [0.05, 0.1) is 13.2 Å². The smallest absolute Gasteiger partial charge is 0.445 e. The minimum absolute atomic E-state index is 0. The number of halogens is 3. The first-order valence-corrected chi connectivity index (χ1v) is 5.07. The zero-order valence-electron chi connectivity index (χ0n) is 9.78. The van der Waals surface area contributed by atoms with Crippen molar-refractivity contribution in [1.82, 2.24) is 0 Å². The zero-order chi connectivity index (χ0) is 11.9. The van der Waals surface area contributed by atoms with Gasteiger partial charge in [-0.1, -0.05) is 30.3 Å². The summed E-state index contributed by atoms with van der Waals surface area (Å²) in [6.07, 6.45) is 1.39. The summed E-state index contributed by atoms with van der Waals surface area (Å²) in [5.74, 6) is 0.297. The fourth-order valence-electron chi connectivity index (χ4n) is 1.17. The van der Waals surface area contributed by atoms with E-state index in [0.717, 1.165) is 11.6 Å². The molecule has 0 aliphatic rings. The third kappa shape index (κ3) is 10.1. The van der Waals surface area contributed by atoms with Gasteiger partial charge in [-0.3, -0.25) is 0 Å². The Morgan fingerprint density at radius 3 is 2.35 bits per heavy atom. The molecular formula is C11H13BF3KO. The van der Waals surface area contributed by atoms with Gasteiger partial charge in [-0.05, 0) is 12.0 Å². The van der Waals surface area contributed by atoms with Gasteiger partial charge in [-0.15, -0.1) is 12.1 Å². The summed E-state index contributed by atoms with van der Waals surface area (Å²) in [7, 11) is 0. The summed E-state index contributed by atoms with van der Waals surface area (Å²) in [5.41, 5.74) is 1.02. The summed E-state index contributed by atoms with van der Waals surface area (Å²) < 4.78 is 40.5. The van der Waals surface area contributed by atoms with Crippen LogP contribution in [0.2, 0.25) is 0 Å². The Balaban J connectivity index is 0.00000256. The molecule has 1 aromatic rings. The van der Waals surface area contributed by atoms with Crippen molar-refractivity contribution in [2.45, 2.75) is 13.0 Å². The molecule has 0 saturated heterocycles. The molecule has 1 rings (SSSR count). The van der Waals surface area contributed by atoms with E-state index in [1.807, 2.05) is 30.3 Å². The normalized spacial score (nSPS) is 11.5. The Bertz CT molecular complexity index is 327. The molecule has 0 heterocycles. The zero-order valence-corrected chi connectivity index (χ0v) is 12.9. The van der Waals surface area contributed by atoms with Crippen molar-refractivity contribution in [3.8, 4) is 0 Å². The SMILES string of the molecule is F[B-](F)(F)/C=C/CCOCc1ccccc1.[K+]. The summed E-state index contributed by atoms with van der Waals surface area (Å²) >= 11 is 0. The first-order chi connectivity index (χ1) is 7.58. The van der Waals surface area contributed by atoms with Gasteiger partial charge in [0.2, 0.25) is 0 Å². The summed E-state index contributed by atoms with van der Waals surface area (Å²) in [4.78, 5) is 0. The molecule has 17 heavy (non-hydrogen) atoms. The molecule has 0 saturated carbocycles. The van der Waals surface area contributed by atoms with Gasteiger partial charge in [0.15, 0.2) is 0 Å². The average Bonchev–Trinajstić information content (AvgIpc) is 2.23. The van der Waals surface area contributed by atoms with Crippen LogP contribution < -0.4 is 51.4 Å². The Morgan fingerprint density at radius 2 is 1.76 bits per heavy atom. The van der Waals surface area contributed by atoms with Gasteiger partial charge >= 0.3 is 58.4 Å². The van der Waals surface area contributed by atoms with Crippen LogP contribution in [0.3, 0.4) is 0 Å². The molecule has 0 fully saturated rings. The van der Waals surface area contributed by atoms with Crippen LogP contribution in [0, 0.1) is 0 Å². The van der Waals surface area contributed by atoms with E-state index in [0.29, 0.717) is 19.2 Å². The fraction of sp³-hybridized carbons (Fsp3) is 0.273. The number of hydrogen-bond acceptors (Lipinski definition) is 1. The molecule has 0 aliphatic heterocycles. The van der Waals surface area contributed by atoms with Crippen molar-refractivity contribution in [1.29, 1.82) is 0 Å². The van der Waals surface area contributed by atoms with Crippen molar-refractivity contribution in [3.63, 3.8) is 0 Å². The first-order valence-electron chi connectivity index (χ1n) is 5.07. The van der Waals surface area contributed by atoms with E-state index in [4.69, 9.17) is 4.74 Å². The molecule has 6 heteroatoms. The van der Waals surface area contributed by atoms with Crippen LogP contribution in [0.1, 0.15) is 12.0 Å². The molecule has 1 nitrogen and oxygen atoms in total. The van der Waals surface area contributed by atoms with Crippen LogP contribution in [0.25, 0.3) is 0 Å². The van der Waals surface area contributed by atoms with Crippen LogP contribution in [-0.2, 0) is 11.3 Å². The predicted molar refractivity (Wildman–Crippen MR) is 58.9 cm³/mol. The minimum atomic E-state index is -4.81. The number of benzene rings is 1. The molecule has 0 spiro atoms. The van der Waals surface area contributed by atoms with E-state index >= 15 is 0 Å². The van der Waals surface area contributed by atoms with E-state index in [1.165, 1.54) is 0 Å². The Labute approximate surface area is 142 Å².